The molecule has 8 heteroatoms. The van der Waals surface area contributed by atoms with Crippen molar-refractivity contribution in [1.29, 1.82) is 0 Å². The first-order valence-corrected chi connectivity index (χ1v) is 11.6. The van der Waals surface area contributed by atoms with E-state index in [4.69, 9.17) is 4.74 Å². The minimum absolute atomic E-state index is 0.0202. The Balaban J connectivity index is 1.42. The average Bonchev–Trinajstić information content (AvgIpc) is 3.53. The number of rotatable bonds is 6. The van der Waals surface area contributed by atoms with Gasteiger partial charge in [0.15, 0.2) is 0 Å². The Bertz CT molecular complexity index is 1260. The number of aromatic nitrogens is 2. The molecule has 2 heterocycles. The van der Waals surface area contributed by atoms with Crippen molar-refractivity contribution in [3.63, 3.8) is 0 Å². The standard InChI is InChI=1S/C26H27FN4O3/c1-34-23-19(24(32)28-26(13-14-26)25(33)31-15-3-2-4-16-31)10-12-21-22(23)20(29-30-21)11-7-17-5-8-18(27)9-6-17/h5-12H,2-4,13-16H2,1H3,(H,28,32)(H,29,30)/b11-7+. The molecule has 2 amide bonds. The zero-order valence-electron chi connectivity index (χ0n) is 19.1. The Labute approximate surface area is 197 Å². The molecule has 0 radical (unpaired) electrons. The smallest absolute Gasteiger partial charge is 0.255 e. The van der Waals surface area contributed by atoms with Crippen molar-refractivity contribution in [2.45, 2.75) is 37.6 Å². The summed E-state index contributed by atoms with van der Waals surface area (Å²) in [4.78, 5) is 28.3. The summed E-state index contributed by atoms with van der Waals surface area (Å²) >= 11 is 0. The summed E-state index contributed by atoms with van der Waals surface area (Å²) < 4.78 is 18.8. The number of nitrogens with zero attached hydrogens (tertiary/aromatic N) is 2. The Morgan fingerprint density at radius 3 is 2.50 bits per heavy atom. The van der Waals surface area contributed by atoms with Crippen LogP contribution in [0.1, 0.15) is 53.7 Å². The maximum Gasteiger partial charge on any atom is 0.255 e. The van der Waals surface area contributed by atoms with Crippen LogP contribution >= 0.6 is 0 Å². The first kappa shape index (κ1) is 22.1. The highest BCUT2D eigenvalue weighted by molar-refractivity contribution is 6.07. The molecule has 1 aliphatic heterocycles. The number of ether oxygens (including phenoxy) is 1. The summed E-state index contributed by atoms with van der Waals surface area (Å²) in [6.07, 6.45) is 8.06. The van der Waals surface area contributed by atoms with Crippen molar-refractivity contribution in [3.05, 3.63) is 59.0 Å². The second-order valence-corrected chi connectivity index (χ2v) is 8.95. The van der Waals surface area contributed by atoms with Gasteiger partial charge in [0.1, 0.15) is 17.1 Å². The van der Waals surface area contributed by atoms with Crippen LogP contribution in [-0.2, 0) is 4.79 Å². The van der Waals surface area contributed by atoms with Gasteiger partial charge in [0.05, 0.1) is 29.3 Å². The van der Waals surface area contributed by atoms with Gasteiger partial charge in [-0.25, -0.2) is 4.39 Å². The lowest BCUT2D eigenvalue weighted by atomic mass is 10.1. The topological polar surface area (TPSA) is 87.3 Å². The largest absolute Gasteiger partial charge is 0.495 e. The Hall–Kier alpha value is -3.68. The van der Waals surface area contributed by atoms with Crippen LogP contribution in [0.25, 0.3) is 23.1 Å². The fourth-order valence-electron chi connectivity index (χ4n) is 4.57. The van der Waals surface area contributed by atoms with E-state index in [2.05, 4.69) is 15.5 Å². The SMILES string of the molecule is COc1c(C(=O)NC2(C(=O)N3CCCCC3)CC2)ccc2[nH]nc(/C=C/c3ccc(F)cc3)c12. The molecule has 2 fully saturated rings. The third kappa shape index (κ3) is 4.16. The van der Waals surface area contributed by atoms with E-state index in [-0.39, 0.29) is 17.6 Å². The van der Waals surface area contributed by atoms with Gasteiger partial charge < -0.3 is 15.0 Å². The predicted octanol–water partition coefficient (Wildman–Crippen LogP) is 4.16. The molecule has 3 aromatic rings. The van der Waals surface area contributed by atoms with E-state index in [1.54, 1.807) is 30.3 Å². The van der Waals surface area contributed by atoms with Gasteiger partial charge >= 0.3 is 0 Å². The van der Waals surface area contributed by atoms with Gasteiger partial charge in [-0.1, -0.05) is 18.2 Å². The third-order valence-corrected chi connectivity index (χ3v) is 6.62. The van der Waals surface area contributed by atoms with E-state index in [0.29, 0.717) is 35.2 Å². The highest BCUT2D eigenvalue weighted by Gasteiger charge is 2.53. The molecule has 2 aliphatic rings. The molecule has 1 saturated heterocycles. The number of piperidine rings is 1. The van der Waals surface area contributed by atoms with Gasteiger partial charge in [0.25, 0.3) is 5.91 Å². The van der Waals surface area contributed by atoms with Crippen molar-refractivity contribution in [2.75, 3.05) is 20.2 Å². The average molecular weight is 463 g/mol. The van der Waals surface area contributed by atoms with E-state index < -0.39 is 5.54 Å². The molecule has 2 N–H and O–H groups in total. The summed E-state index contributed by atoms with van der Waals surface area (Å²) in [6.45, 7) is 1.51. The number of aromatic amines is 1. The lowest BCUT2D eigenvalue weighted by Gasteiger charge is -2.31. The Morgan fingerprint density at radius 1 is 1.09 bits per heavy atom. The van der Waals surface area contributed by atoms with Gasteiger partial charge in [0.2, 0.25) is 5.91 Å². The number of methoxy groups -OCH3 is 1. The van der Waals surface area contributed by atoms with Crippen LogP contribution in [-0.4, -0.2) is 52.6 Å². The molecule has 34 heavy (non-hydrogen) atoms. The van der Waals surface area contributed by atoms with Crippen molar-refractivity contribution in [2.24, 2.45) is 0 Å². The fraction of sp³-hybridized carbons (Fsp3) is 0.346. The molecule has 1 saturated carbocycles. The summed E-state index contributed by atoms with van der Waals surface area (Å²) in [6, 6.07) is 9.59. The molecule has 0 atom stereocenters. The first-order valence-electron chi connectivity index (χ1n) is 11.6. The van der Waals surface area contributed by atoms with Gasteiger partial charge in [-0.3, -0.25) is 14.7 Å². The molecule has 1 aliphatic carbocycles. The van der Waals surface area contributed by atoms with Crippen LogP contribution < -0.4 is 10.1 Å². The van der Waals surface area contributed by atoms with E-state index >= 15 is 0 Å². The summed E-state index contributed by atoms with van der Waals surface area (Å²) in [7, 11) is 1.51. The number of carbonyl (C=O) groups excluding carboxylic acids is 2. The molecular weight excluding hydrogens is 435 g/mol. The molecule has 1 aromatic heterocycles. The van der Waals surface area contributed by atoms with Gasteiger partial charge in [0, 0.05) is 13.1 Å². The zero-order chi connectivity index (χ0) is 23.7. The number of amides is 2. The van der Waals surface area contributed by atoms with E-state index in [1.807, 2.05) is 11.0 Å². The second-order valence-electron chi connectivity index (χ2n) is 8.95. The first-order chi connectivity index (χ1) is 16.5. The quantitative estimate of drug-likeness (QED) is 0.576. The number of hydrogen-bond acceptors (Lipinski definition) is 4. The van der Waals surface area contributed by atoms with Crippen molar-refractivity contribution >= 4 is 34.9 Å². The van der Waals surface area contributed by atoms with Gasteiger partial charge in [-0.15, -0.1) is 0 Å². The maximum absolute atomic E-state index is 13.3. The number of likely N-dealkylation sites (tertiary alicyclic amines) is 1. The lowest BCUT2D eigenvalue weighted by Crippen LogP contribution is -2.52. The number of hydrogen-bond donors (Lipinski definition) is 2. The zero-order valence-corrected chi connectivity index (χ0v) is 19.1. The molecule has 2 aromatic carbocycles. The number of benzene rings is 2. The Kier molecular flexibility index (Phi) is 5.81. The van der Waals surface area contributed by atoms with E-state index in [0.717, 1.165) is 43.4 Å². The fourth-order valence-corrected chi connectivity index (χ4v) is 4.57. The minimum Gasteiger partial charge on any atom is -0.495 e. The normalized spacial score (nSPS) is 17.2. The molecule has 176 valence electrons. The van der Waals surface area contributed by atoms with Crippen LogP contribution in [0, 0.1) is 5.82 Å². The van der Waals surface area contributed by atoms with E-state index in [1.165, 1.54) is 19.2 Å². The molecule has 0 bridgehead atoms. The molecular formula is C26H27FN4O3. The molecule has 7 nitrogen and oxygen atoms in total. The summed E-state index contributed by atoms with van der Waals surface area (Å²) in [5, 5.41) is 11.0. The molecule has 0 spiro atoms. The van der Waals surface area contributed by atoms with E-state index in [9.17, 15) is 14.0 Å². The number of carbonyl (C=O) groups is 2. The van der Waals surface area contributed by atoms with Crippen LogP contribution in [0.15, 0.2) is 36.4 Å². The third-order valence-electron chi connectivity index (χ3n) is 6.62. The predicted molar refractivity (Wildman–Crippen MR) is 128 cm³/mol. The molecule has 5 rings (SSSR count). The lowest BCUT2D eigenvalue weighted by molar-refractivity contribution is -0.135. The monoisotopic (exact) mass is 462 g/mol. The highest BCUT2D eigenvalue weighted by atomic mass is 19.1. The number of halogens is 1. The minimum atomic E-state index is -0.809. The highest BCUT2D eigenvalue weighted by Crippen LogP contribution is 2.39. The van der Waals surface area contributed by atoms with Crippen molar-refractivity contribution in [3.8, 4) is 5.75 Å². The Morgan fingerprint density at radius 2 is 1.82 bits per heavy atom. The molecule has 0 unspecified atom stereocenters. The summed E-state index contributed by atoms with van der Waals surface area (Å²) in [5.74, 6) is -0.223. The maximum atomic E-state index is 13.3. The van der Waals surface area contributed by atoms with Crippen molar-refractivity contribution in [1.82, 2.24) is 20.4 Å². The van der Waals surface area contributed by atoms with Crippen molar-refractivity contribution < 1.29 is 18.7 Å². The van der Waals surface area contributed by atoms with Crippen LogP contribution in [0.5, 0.6) is 5.75 Å². The number of H-pyrrole nitrogens is 1. The second kappa shape index (κ2) is 8.93. The van der Waals surface area contributed by atoms with Crippen LogP contribution in [0.4, 0.5) is 4.39 Å². The number of nitrogens with one attached hydrogen (secondary N) is 2. The summed E-state index contributed by atoms with van der Waals surface area (Å²) in [5.41, 5.74) is 1.67. The van der Waals surface area contributed by atoms with Gasteiger partial charge in [-0.2, -0.15) is 5.10 Å². The van der Waals surface area contributed by atoms with Crippen LogP contribution in [0.3, 0.4) is 0 Å². The van der Waals surface area contributed by atoms with Crippen LogP contribution in [0.2, 0.25) is 0 Å². The van der Waals surface area contributed by atoms with Gasteiger partial charge in [-0.05, 0) is 68.0 Å². The number of fused-ring (bicyclic) bond motifs is 1.